The highest BCUT2D eigenvalue weighted by atomic mass is 35.5. The van der Waals surface area contributed by atoms with Crippen LogP contribution in [-0.4, -0.2) is 58.9 Å². The summed E-state index contributed by atoms with van der Waals surface area (Å²) in [6.07, 6.45) is 2.55. The van der Waals surface area contributed by atoms with E-state index >= 15 is 0 Å². The van der Waals surface area contributed by atoms with Gasteiger partial charge in [0.1, 0.15) is 5.82 Å². The first-order valence-electron chi connectivity index (χ1n) is 6.88. The average Bonchev–Trinajstić information content (AvgIpc) is 2.85. The number of carbonyl (C=O) groups is 1. The smallest absolute Gasteiger partial charge is 0.274 e. The summed E-state index contributed by atoms with van der Waals surface area (Å²) in [5, 5.41) is 0.321. The molecule has 2 heterocycles. The van der Waals surface area contributed by atoms with Crippen molar-refractivity contribution < 1.29 is 4.79 Å². The number of carbonyl (C=O) groups excluding carboxylic acids is 1. The molecule has 0 saturated carbocycles. The quantitative estimate of drug-likeness (QED) is 0.854. The highest BCUT2D eigenvalue weighted by Crippen LogP contribution is 2.25. The fourth-order valence-electron chi connectivity index (χ4n) is 2.76. The zero-order valence-electron chi connectivity index (χ0n) is 12.4. The molecule has 1 fully saturated rings. The predicted molar refractivity (Wildman–Crippen MR) is 78.9 cm³/mol. The molecule has 0 bridgehead atoms. The molecule has 0 radical (unpaired) electrons. The number of likely N-dealkylation sites (N-methyl/N-ethyl adjacent to an activating group) is 1. The number of nitrogens with zero attached hydrogens (tertiary/aromatic N) is 4. The second kappa shape index (κ2) is 6.06. The Labute approximate surface area is 124 Å². The summed E-state index contributed by atoms with van der Waals surface area (Å²) in [7, 11) is 4.12. The van der Waals surface area contributed by atoms with Crippen LogP contribution in [0.2, 0.25) is 5.02 Å². The first-order chi connectivity index (χ1) is 9.43. The predicted octanol–water partition coefficient (Wildman–Crippen LogP) is 1.85. The fourth-order valence-corrected chi connectivity index (χ4v) is 2.93. The van der Waals surface area contributed by atoms with Gasteiger partial charge in [0, 0.05) is 19.1 Å². The lowest BCUT2D eigenvalue weighted by Crippen LogP contribution is -2.36. The molecule has 1 aromatic rings. The Morgan fingerprint density at radius 3 is 2.75 bits per heavy atom. The molecular formula is C14H21ClN4O. The molecule has 5 nitrogen and oxygen atoms in total. The van der Waals surface area contributed by atoms with E-state index in [9.17, 15) is 4.79 Å². The van der Waals surface area contributed by atoms with Gasteiger partial charge >= 0.3 is 0 Å². The van der Waals surface area contributed by atoms with Gasteiger partial charge in [-0.15, -0.1) is 0 Å². The van der Waals surface area contributed by atoms with Crippen molar-refractivity contribution in [2.24, 2.45) is 5.92 Å². The fraction of sp³-hybridized carbons (Fsp3) is 0.643. The number of rotatable bonds is 3. The van der Waals surface area contributed by atoms with Crippen LogP contribution in [0.3, 0.4) is 0 Å². The van der Waals surface area contributed by atoms with Crippen LogP contribution in [0.1, 0.15) is 29.7 Å². The molecule has 1 aromatic heterocycles. The third-order valence-electron chi connectivity index (χ3n) is 3.95. The van der Waals surface area contributed by atoms with Gasteiger partial charge in [-0.3, -0.25) is 4.79 Å². The first-order valence-corrected chi connectivity index (χ1v) is 7.26. The van der Waals surface area contributed by atoms with E-state index in [0.717, 1.165) is 19.5 Å². The van der Waals surface area contributed by atoms with Crippen molar-refractivity contribution in [3.63, 3.8) is 0 Å². The summed E-state index contributed by atoms with van der Waals surface area (Å²) < 4.78 is 0. The van der Waals surface area contributed by atoms with Crippen molar-refractivity contribution in [2.75, 3.05) is 27.2 Å². The van der Waals surface area contributed by atoms with Crippen molar-refractivity contribution in [1.82, 2.24) is 19.8 Å². The average molecular weight is 297 g/mol. The Balaban J connectivity index is 2.20. The normalized spacial score (nSPS) is 22.6. The van der Waals surface area contributed by atoms with Crippen molar-refractivity contribution in [1.29, 1.82) is 0 Å². The van der Waals surface area contributed by atoms with Gasteiger partial charge in [-0.25, -0.2) is 9.97 Å². The molecule has 2 rings (SSSR count). The number of aromatic nitrogens is 2. The zero-order valence-corrected chi connectivity index (χ0v) is 13.2. The van der Waals surface area contributed by atoms with Gasteiger partial charge in [-0.1, -0.05) is 24.9 Å². The van der Waals surface area contributed by atoms with E-state index in [-0.39, 0.29) is 5.91 Å². The Bertz CT molecular complexity index is 506. The molecule has 0 N–H and O–H groups in total. The van der Waals surface area contributed by atoms with E-state index < -0.39 is 0 Å². The summed E-state index contributed by atoms with van der Waals surface area (Å²) in [6, 6.07) is 0.394. The molecule has 1 saturated heterocycles. The SMILES string of the molecule is CC[C@H]1CN(C(=O)c2nc(C)ncc2Cl)C[C@@H]1N(C)C. The molecule has 1 amide bonds. The van der Waals surface area contributed by atoms with Crippen molar-refractivity contribution in [2.45, 2.75) is 26.3 Å². The lowest BCUT2D eigenvalue weighted by Gasteiger charge is -2.23. The molecule has 6 heteroatoms. The van der Waals surface area contributed by atoms with E-state index in [4.69, 9.17) is 11.6 Å². The Kier molecular flexibility index (Phi) is 4.60. The van der Waals surface area contributed by atoms with Gasteiger partial charge in [0.15, 0.2) is 5.69 Å². The summed E-state index contributed by atoms with van der Waals surface area (Å²) in [4.78, 5) is 24.8. The van der Waals surface area contributed by atoms with Gasteiger partial charge in [0.25, 0.3) is 5.91 Å². The molecule has 110 valence electrons. The minimum atomic E-state index is -0.0942. The molecule has 1 aliphatic rings. The molecule has 0 spiro atoms. The largest absolute Gasteiger partial charge is 0.335 e. The van der Waals surface area contributed by atoms with Crippen LogP contribution in [-0.2, 0) is 0 Å². The molecule has 0 aliphatic carbocycles. The summed E-state index contributed by atoms with van der Waals surface area (Å²) in [5.74, 6) is 0.965. The van der Waals surface area contributed by atoms with Gasteiger partial charge in [0.2, 0.25) is 0 Å². The van der Waals surface area contributed by atoms with Crippen LogP contribution >= 0.6 is 11.6 Å². The molecular weight excluding hydrogens is 276 g/mol. The maximum atomic E-state index is 12.6. The summed E-state index contributed by atoms with van der Waals surface area (Å²) in [6.45, 7) is 5.41. The topological polar surface area (TPSA) is 49.3 Å². The number of likely N-dealkylation sites (tertiary alicyclic amines) is 1. The maximum absolute atomic E-state index is 12.6. The maximum Gasteiger partial charge on any atom is 0.274 e. The van der Waals surface area contributed by atoms with Crippen molar-refractivity contribution >= 4 is 17.5 Å². The summed E-state index contributed by atoms with van der Waals surface area (Å²) in [5.41, 5.74) is 0.313. The molecule has 0 unspecified atom stereocenters. The second-order valence-electron chi connectivity index (χ2n) is 5.52. The zero-order chi connectivity index (χ0) is 14.9. The third-order valence-corrected chi connectivity index (χ3v) is 4.23. The number of hydrogen-bond acceptors (Lipinski definition) is 4. The van der Waals surface area contributed by atoms with E-state index in [2.05, 4.69) is 35.9 Å². The van der Waals surface area contributed by atoms with Crippen LogP contribution in [0.25, 0.3) is 0 Å². The number of halogens is 1. The highest BCUT2D eigenvalue weighted by Gasteiger charge is 2.36. The number of hydrogen-bond donors (Lipinski definition) is 0. The van der Waals surface area contributed by atoms with Crippen LogP contribution in [0.15, 0.2) is 6.20 Å². The van der Waals surface area contributed by atoms with E-state index in [0.29, 0.717) is 28.5 Å². The van der Waals surface area contributed by atoms with Gasteiger partial charge in [0.05, 0.1) is 11.2 Å². The van der Waals surface area contributed by atoms with Gasteiger partial charge < -0.3 is 9.80 Å². The lowest BCUT2D eigenvalue weighted by atomic mass is 10.0. The van der Waals surface area contributed by atoms with Crippen molar-refractivity contribution in [3.05, 3.63) is 22.7 Å². The van der Waals surface area contributed by atoms with Crippen LogP contribution < -0.4 is 0 Å². The van der Waals surface area contributed by atoms with Gasteiger partial charge in [-0.2, -0.15) is 0 Å². The Hall–Kier alpha value is -1.20. The van der Waals surface area contributed by atoms with E-state index in [1.807, 2.05) is 4.90 Å². The van der Waals surface area contributed by atoms with Crippen molar-refractivity contribution in [3.8, 4) is 0 Å². The molecule has 1 aliphatic heterocycles. The standard InChI is InChI=1S/C14H21ClN4O/c1-5-10-7-19(8-12(10)18(3)4)14(20)13-11(15)6-16-9(2)17-13/h6,10,12H,5,7-8H2,1-4H3/t10-,12-/m0/s1. The summed E-state index contributed by atoms with van der Waals surface area (Å²) >= 11 is 6.06. The third kappa shape index (κ3) is 2.94. The van der Waals surface area contributed by atoms with E-state index in [1.54, 1.807) is 6.92 Å². The van der Waals surface area contributed by atoms with Crippen LogP contribution in [0, 0.1) is 12.8 Å². The molecule has 20 heavy (non-hydrogen) atoms. The minimum Gasteiger partial charge on any atom is -0.335 e. The van der Waals surface area contributed by atoms with E-state index in [1.165, 1.54) is 6.20 Å². The van der Waals surface area contributed by atoms with Gasteiger partial charge in [-0.05, 0) is 26.9 Å². The first kappa shape index (κ1) is 15.2. The highest BCUT2D eigenvalue weighted by molar-refractivity contribution is 6.33. The Morgan fingerprint density at radius 1 is 1.50 bits per heavy atom. The molecule has 2 atom stereocenters. The minimum absolute atomic E-state index is 0.0942. The second-order valence-corrected chi connectivity index (χ2v) is 5.93. The number of amides is 1. The molecule has 0 aromatic carbocycles. The monoisotopic (exact) mass is 296 g/mol. The lowest BCUT2D eigenvalue weighted by molar-refractivity contribution is 0.0775. The Morgan fingerprint density at radius 2 is 2.20 bits per heavy atom. The number of aryl methyl sites for hydroxylation is 1. The van der Waals surface area contributed by atoms with Crippen LogP contribution in [0.4, 0.5) is 0 Å². The van der Waals surface area contributed by atoms with Crippen LogP contribution in [0.5, 0.6) is 0 Å².